The summed E-state index contributed by atoms with van der Waals surface area (Å²) in [6.07, 6.45) is 2.82. The molecule has 0 aliphatic carbocycles. The molecule has 0 saturated carbocycles. The number of hydrogen-bond acceptors (Lipinski definition) is 4. The first kappa shape index (κ1) is 19.4. The maximum Gasteiger partial charge on any atom is 0.347 e. The van der Waals surface area contributed by atoms with Gasteiger partial charge in [-0.15, -0.1) is 0 Å². The Morgan fingerprint density at radius 1 is 1.09 bits per heavy atom. The van der Waals surface area contributed by atoms with Crippen LogP contribution >= 0.6 is 7.60 Å². The minimum absolute atomic E-state index is 0.0947. The van der Waals surface area contributed by atoms with E-state index in [0.717, 1.165) is 19.3 Å². The Hall–Kier alpha value is -0.670. The van der Waals surface area contributed by atoms with Gasteiger partial charge in [0.2, 0.25) is 0 Å². The average Bonchev–Trinajstić information content (AvgIpc) is 2.52. The van der Waals surface area contributed by atoms with Crippen LogP contribution in [0.15, 0.2) is 30.3 Å². The summed E-state index contributed by atoms with van der Waals surface area (Å²) in [5.41, 5.74) is 1.17. The predicted molar refractivity (Wildman–Crippen MR) is 92.2 cm³/mol. The molecule has 0 bridgehead atoms. The second kappa shape index (κ2) is 10.2. The van der Waals surface area contributed by atoms with Crippen molar-refractivity contribution in [1.82, 2.24) is 5.32 Å². The molecule has 0 aliphatic rings. The molecule has 1 rings (SSSR count). The van der Waals surface area contributed by atoms with Crippen LogP contribution in [-0.4, -0.2) is 19.0 Å². The lowest BCUT2D eigenvalue weighted by Gasteiger charge is -2.30. The Balaban J connectivity index is 2.88. The average molecular weight is 327 g/mol. The molecule has 4 nitrogen and oxygen atoms in total. The number of hydrogen-bond donors (Lipinski definition) is 1. The van der Waals surface area contributed by atoms with Gasteiger partial charge in [0.25, 0.3) is 0 Å². The number of unbranched alkanes of at least 4 members (excludes halogenated alkanes) is 1. The van der Waals surface area contributed by atoms with Gasteiger partial charge in [0.15, 0.2) is 0 Å². The van der Waals surface area contributed by atoms with E-state index in [-0.39, 0.29) is 11.8 Å². The van der Waals surface area contributed by atoms with Crippen molar-refractivity contribution in [2.75, 3.05) is 13.2 Å². The Bertz CT molecular complexity index is 442. The molecule has 0 saturated heterocycles. The summed E-state index contributed by atoms with van der Waals surface area (Å²) in [7, 11) is -3.14. The van der Waals surface area contributed by atoms with Gasteiger partial charge in [-0.2, -0.15) is 0 Å². The van der Waals surface area contributed by atoms with Crippen LogP contribution in [-0.2, 0) is 13.6 Å². The standard InChI is InChI=1S/C17H30NO3P/c1-5-8-14-17(22(19,20-6-2)21-7-3)18-15(4)16-12-10-9-11-13-16/h9-13,15,17-18H,5-8,14H2,1-4H3. The van der Waals surface area contributed by atoms with Gasteiger partial charge in [-0.3, -0.25) is 9.88 Å². The highest BCUT2D eigenvalue weighted by Crippen LogP contribution is 2.54. The molecule has 2 atom stereocenters. The van der Waals surface area contributed by atoms with Gasteiger partial charge in [-0.05, 0) is 32.8 Å². The summed E-state index contributed by atoms with van der Waals surface area (Å²) in [5, 5.41) is 3.47. The Morgan fingerprint density at radius 3 is 2.18 bits per heavy atom. The van der Waals surface area contributed by atoms with Gasteiger partial charge < -0.3 is 9.05 Å². The molecule has 0 fully saturated rings. The van der Waals surface area contributed by atoms with E-state index < -0.39 is 7.60 Å². The quantitative estimate of drug-likeness (QED) is 0.573. The van der Waals surface area contributed by atoms with Crippen LogP contribution in [0.25, 0.3) is 0 Å². The zero-order valence-corrected chi connectivity index (χ0v) is 15.1. The molecule has 126 valence electrons. The van der Waals surface area contributed by atoms with Gasteiger partial charge in [0, 0.05) is 6.04 Å². The summed E-state index contributed by atoms with van der Waals surface area (Å²) < 4.78 is 24.2. The maximum absolute atomic E-state index is 13.1. The summed E-state index contributed by atoms with van der Waals surface area (Å²) in [6, 6.07) is 10.3. The number of nitrogens with one attached hydrogen (secondary N) is 1. The van der Waals surface area contributed by atoms with Crippen molar-refractivity contribution < 1.29 is 13.6 Å². The van der Waals surface area contributed by atoms with Crippen molar-refractivity contribution in [3.63, 3.8) is 0 Å². The van der Waals surface area contributed by atoms with E-state index in [2.05, 4.69) is 31.3 Å². The zero-order valence-electron chi connectivity index (χ0n) is 14.2. The minimum atomic E-state index is -3.14. The van der Waals surface area contributed by atoms with Crippen LogP contribution in [0.1, 0.15) is 58.6 Å². The van der Waals surface area contributed by atoms with Gasteiger partial charge in [0.05, 0.1) is 13.2 Å². The summed E-state index contributed by atoms with van der Waals surface area (Å²) in [5.74, 6) is -0.275. The molecule has 0 amide bonds. The topological polar surface area (TPSA) is 47.6 Å². The molecule has 1 N–H and O–H groups in total. The fourth-order valence-corrected chi connectivity index (χ4v) is 4.49. The molecule has 0 spiro atoms. The monoisotopic (exact) mass is 327 g/mol. The SMILES string of the molecule is CCCCC(NC(C)c1ccccc1)P(=O)(OCC)OCC. The second-order valence-corrected chi connectivity index (χ2v) is 7.55. The predicted octanol–water partition coefficient (Wildman–Crippen LogP) is 5.12. The lowest BCUT2D eigenvalue weighted by molar-refractivity contribution is 0.203. The van der Waals surface area contributed by atoms with Crippen LogP contribution in [0.3, 0.4) is 0 Å². The molecule has 1 aromatic carbocycles. The molecule has 1 aromatic rings. The first-order chi connectivity index (χ1) is 10.6. The molecular formula is C17H30NO3P. The van der Waals surface area contributed by atoms with Crippen molar-refractivity contribution in [2.45, 2.75) is 58.8 Å². The molecule has 2 unspecified atom stereocenters. The third-order valence-corrected chi connectivity index (χ3v) is 5.98. The smallest absolute Gasteiger partial charge is 0.308 e. The Kier molecular flexibility index (Phi) is 8.96. The molecular weight excluding hydrogens is 297 g/mol. The summed E-state index contributed by atoms with van der Waals surface area (Å²) in [4.78, 5) is 0. The first-order valence-electron chi connectivity index (χ1n) is 8.27. The van der Waals surface area contributed by atoms with E-state index in [0.29, 0.717) is 13.2 Å². The third kappa shape index (κ3) is 5.85. The molecule has 0 heterocycles. The lowest BCUT2D eigenvalue weighted by Crippen LogP contribution is -2.33. The normalized spacial score (nSPS) is 14.7. The van der Waals surface area contributed by atoms with Crippen LogP contribution in [0.2, 0.25) is 0 Å². The first-order valence-corrected chi connectivity index (χ1v) is 9.88. The Morgan fingerprint density at radius 2 is 1.68 bits per heavy atom. The largest absolute Gasteiger partial charge is 0.347 e. The second-order valence-electron chi connectivity index (χ2n) is 5.33. The Labute approximate surface area is 135 Å². The van der Waals surface area contributed by atoms with E-state index in [1.54, 1.807) is 0 Å². The zero-order chi connectivity index (χ0) is 16.4. The molecule has 0 aliphatic heterocycles. The maximum atomic E-state index is 13.1. The van der Waals surface area contributed by atoms with E-state index in [1.807, 2.05) is 32.0 Å². The van der Waals surface area contributed by atoms with Crippen molar-refractivity contribution in [3.05, 3.63) is 35.9 Å². The molecule has 0 radical (unpaired) electrons. The minimum Gasteiger partial charge on any atom is -0.308 e. The molecule has 5 heteroatoms. The fraction of sp³-hybridized carbons (Fsp3) is 0.647. The highest BCUT2D eigenvalue weighted by molar-refractivity contribution is 7.54. The van der Waals surface area contributed by atoms with E-state index in [1.165, 1.54) is 5.56 Å². The van der Waals surface area contributed by atoms with Crippen molar-refractivity contribution >= 4 is 7.60 Å². The van der Waals surface area contributed by atoms with Crippen LogP contribution in [0, 0.1) is 0 Å². The lowest BCUT2D eigenvalue weighted by atomic mass is 10.1. The van der Waals surface area contributed by atoms with Gasteiger partial charge in [-0.25, -0.2) is 0 Å². The van der Waals surface area contributed by atoms with Crippen molar-refractivity contribution in [1.29, 1.82) is 0 Å². The highest BCUT2D eigenvalue weighted by Gasteiger charge is 2.35. The van der Waals surface area contributed by atoms with E-state index in [4.69, 9.17) is 9.05 Å². The number of benzene rings is 1. The molecule has 22 heavy (non-hydrogen) atoms. The van der Waals surface area contributed by atoms with Crippen LogP contribution in [0.4, 0.5) is 0 Å². The fourth-order valence-electron chi connectivity index (χ4n) is 2.43. The van der Waals surface area contributed by atoms with Crippen molar-refractivity contribution in [2.24, 2.45) is 0 Å². The number of rotatable bonds is 11. The van der Waals surface area contributed by atoms with Gasteiger partial charge in [-0.1, -0.05) is 50.1 Å². The molecule has 0 aromatic heterocycles. The highest BCUT2D eigenvalue weighted by atomic mass is 31.2. The summed E-state index contributed by atoms with van der Waals surface area (Å²) in [6.45, 7) is 8.69. The van der Waals surface area contributed by atoms with E-state index >= 15 is 0 Å². The van der Waals surface area contributed by atoms with Crippen LogP contribution < -0.4 is 5.32 Å². The van der Waals surface area contributed by atoms with E-state index in [9.17, 15) is 4.57 Å². The van der Waals surface area contributed by atoms with Crippen LogP contribution in [0.5, 0.6) is 0 Å². The van der Waals surface area contributed by atoms with Gasteiger partial charge in [0.1, 0.15) is 5.78 Å². The summed E-state index contributed by atoms with van der Waals surface area (Å²) >= 11 is 0. The van der Waals surface area contributed by atoms with Gasteiger partial charge >= 0.3 is 7.60 Å². The van der Waals surface area contributed by atoms with Crippen molar-refractivity contribution in [3.8, 4) is 0 Å². The third-order valence-electron chi connectivity index (χ3n) is 3.57.